The smallest absolute Gasteiger partial charge is 0.0549 e. The molecule has 1 nitrogen and oxygen atoms in total. The lowest BCUT2D eigenvalue weighted by Gasteiger charge is -2.13. The molecule has 0 amide bonds. The maximum atomic E-state index is 9.65. The molecular formula is C18H20OS2. The van der Waals surface area contributed by atoms with E-state index < -0.39 is 0 Å². The van der Waals surface area contributed by atoms with Gasteiger partial charge in [0.05, 0.1) is 6.10 Å². The number of benzene rings is 2. The zero-order valence-corrected chi connectivity index (χ0v) is 14.0. The van der Waals surface area contributed by atoms with E-state index in [0.717, 1.165) is 0 Å². The van der Waals surface area contributed by atoms with E-state index in [0.29, 0.717) is 6.42 Å². The number of hydrogen-bond acceptors (Lipinski definition) is 3. The molecule has 0 radical (unpaired) electrons. The molecule has 1 N–H and O–H groups in total. The third kappa shape index (κ3) is 5.62. The van der Waals surface area contributed by atoms with Crippen molar-refractivity contribution in [1.29, 1.82) is 0 Å². The maximum absolute atomic E-state index is 9.65. The summed E-state index contributed by atoms with van der Waals surface area (Å²) in [5, 5.41) is 9.65. The van der Waals surface area contributed by atoms with E-state index in [2.05, 4.69) is 55.5 Å². The third-order valence-electron chi connectivity index (χ3n) is 2.86. The predicted molar refractivity (Wildman–Crippen MR) is 93.6 cm³/mol. The summed E-state index contributed by atoms with van der Waals surface area (Å²) in [6.07, 6.45) is 0.391. The topological polar surface area (TPSA) is 20.2 Å². The molecule has 3 heteroatoms. The third-order valence-corrected chi connectivity index (χ3v) is 5.44. The van der Waals surface area contributed by atoms with E-state index in [-0.39, 0.29) is 6.10 Å². The molecule has 0 aromatic heterocycles. The highest BCUT2D eigenvalue weighted by Crippen LogP contribution is 2.41. The van der Waals surface area contributed by atoms with Crippen LogP contribution in [0.25, 0.3) is 0 Å². The standard InChI is InChI=1S/C18H20OS2/c1-14(13-15(2)19)18(20-16-9-5-3-6-10-16)21-17-11-7-4-8-12-17/h3-12,15,19H,13H2,1-2H3/t15-/m1/s1. The van der Waals surface area contributed by atoms with E-state index in [1.54, 1.807) is 23.5 Å². The Balaban J connectivity index is 2.22. The molecule has 0 fully saturated rings. The van der Waals surface area contributed by atoms with Crippen LogP contribution in [-0.2, 0) is 0 Å². The molecule has 0 bridgehead atoms. The fourth-order valence-electron chi connectivity index (χ4n) is 1.91. The van der Waals surface area contributed by atoms with Crippen LogP contribution in [0.4, 0.5) is 0 Å². The summed E-state index contributed by atoms with van der Waals surface area (Å²) in [6.45, 7) is 3.94. The van der Waals surface area contributed by atoms with Gasteiger partial charge in [-0.25, -0.2) is 0 Å². The van der Waals surface area contributed by atoms with Gasteiger partial charge in [0, 0.05) is 14.0 Å². The monoisotopic (exact) mass is 316 g/mol. The van der Waals surface area contributed by atoms with Crippen LogP contribution in [0.5, 0.6) is 0 Å². The molecule has 0 aliphatic carbocycles. The van der Waals surface area contributed by atoms with Crippen molar-refractivity contribution in [3.05, 3.63) is 70.5 Å². The van der Waals surface area contributed by atoms with E-state index in [9.17, 15) is 5.11 Å². The minimum Gasteiger partial charge on any atom is -0.393 e. The summed E-state index contributed by atoms with van der Waals surface area (Å²) in [5.74, 6) is 0. The Kier molecular flexibility index (Phi) is 6.43. The Morgan fingerprint density at radius 2 is 1.33 bits per heavy atom. The Hall–Kier alpha value is -1.16. The van der Waals surface area contributed by atoms with Crippen LogP contribution in [0.2, 0.25) is 0 Å². The molecule has 0 saturated carbocycles. The van der Waals surface area contributed by atoms with Crippen LogP contribution in [0, 0.1) is 0 Å². The summed E-state index contributed by atoms with van der Waals surface area (Å²) >= 11 is 3.53. The highest BCUT2D eigenvalue weighted by atomic mass is 32.2. The van der Waals surface area contributed by atoms with Crippen molar-refractivity contribution in [1.82, 2.24) is 0 Å². The number of aliphatic hydroxyl groups is 1. The molecule has 21 heavy (non-hydrogen) atoms. The van der Waals surface area contributed by atoms with E-state index in [4.69, 9.17) is 0 Å². The zero-order chi connectivity index (χ0) is 15.1. The van der Waals surface area contributed by atoms with Gasteiger partial charge in [0.15, 0.2) is 0 Å². The molecule has 2 rings (SSSR count). The number of aliphatic hydroxyl groups excluding tert-OH is 1. The largest absolute Gasteiger partial charge is 0.393 e. The summed E-state index contributed by atoms with van der Waals surface area (Å²) in [6, 6.07) is 20.7. The van der Waals surface area contributed by atoms with Crippen LogP contribution in [-0.4, -0.2) is 11.2 Å². The average molecular weight is 316 g/mol. The quantitative estimate of drug-likeness (QED) is 0.703. The summed E-state index contributed by atoms with van der Waals surface area (Å²) < 4.78 is 1.24. The molecule has 110 valence electrons. The minimum absolute atomic E-state index is 0.312. The predicted octanol–water partition coefficient (Wildman–Crippen LogP) is 5.57. The maximum Gasteiger partial charge on any atom is 0.0549 e. The first-order valence-corrected chi connectivity index (χ1v) is 8.62. The number of rotatable bonds is 6. The van der Waals surface area contributed by atoms with Gasteiger partial charge >= 0.3 is 0 Å². The SMILES string of the molecule is CC(C[C@@H](C)O)=C(Sc1ccccc1)Sc1ccccc1. The Morgan fingerprint density at radius 1 is 0.905 bits per heavy atom. The van der Waals surface area contributed by atoms with Gasteiger partial charge in [-0.05, 0) is 44.5 Å². The fraction of sp³-hybridized carbons (Fsp3) is 0.222. The first kappa shape index (κ1) is 16.2. The molecule has 0 unspecified atom stereocenters. The Bertz CT molecular complexity index is 533. The van der Waals surface area contributed by atoms with Crippen molar-refractivity contribution in [2.24, 2.45) is 0 Å². The van der Waals surface area contributed by atoms with Gasteiger partial charge in [-0.3, -0.25) is 0 Å². The summed E-state index contributed by atoms with van der Waals surface area (Å²) in [5.41, 5.74) is 1.23. The van der Waals surface area contributed by atoms with Gasteiger partial charge in [0.1, 0.15) is 0 Å². The van der Waals surface area contributed by atoms with Crippen molar-refractivity contribution in [2.45, 2.75) is 36.2 Å². The lowest BCUT2D eigenvalue weighted by Crippen LogP contribution is -2.00. The second kappa shape index (κ2) is 8.32. The normalized spacial score (nSPS) is 12.0. The van der Waals surface area contributed by atoms with E-state index in [1.165, 1.54) is 19.6 Å². The molecule has 2 aromatic carbocycles. The van der Waals surface area contributed by atoms with E-state index >= 15 is 0 Å². The lowest BCUT2D eigenvalue weighted by molar-refractivity contribution is 0.195. The number of hydrogen-bond donors (Lipinski definition) is 1. The van der Waals surface area contributed by atoms with Crippen molar-refractivity contribution in [2.75, 3.05) is 0 Å². The van der Waals surface area contributed by atoms with Gasteiger partial charge < -0.3 is 5.11 Å². The van der Waals surface area contributed by atoms with Crippen LogP contribution >= 0.6 is 23.5 Å². The van der Waals surface area contributed by atoms with Crippen molar-refractivity contribution in [3.8, 4) is 0 Å². The second-order valence-corrected chi connectivity index (χ2v) is 7.38. The average Bonchev–Trinajstić information content (AvgIpc) is 2.48. The summed E-state index contributed by atoms with van der Waals surface area (Å²) in [4.78, 5) is 2.45. The molecule has 1 atom stereocenters. The highest BCUT2D eigenvalue weighted by molar-refractivity contribution is 8.22. The van der Waals surface area contributed by atoms with Gasteiger partial charge in [0.25, 0.3) is 0 Å². The van der Waals surface area contributed by atoms with Crippen LogP contribution < -0.4 is 0 Å². The molecule has 2 aromatic rings. The minimum atomic E-state index is -0.312. The van der Waals surface area contributed by atoms with Gasteiger partial charge in [-0.1, -0.05) is 65.5 Å². The summed E-state index contributed by atoms with van der Waals surface area (Å²) in [7, 11) is 0. The van der Waals surface area contributed by atoms with Crippen molar-refractivity contribution in [3.63, 3.8) is 0 Å². The zero-order valence-electron chi connectivity index (χ0n) is 12.3. The first-order valence-electron chi connectivity index (χ1n) is 6.99. The lowest BCUT2D eigenvalue weighted by atomic mass is 10.2. The molecule has 0 aliphatic heterocycles. The van der Waals surface area contributed by atoms with Crippen molar-refractivity contribution >= 4 is 23.5 Å². The Morgan fingerprint density at radius 3 is 1.71 bits per heavy atom. The first-order chi connectivity index (χ1) is 10.1. The fourth-order valence-corrected chi connectivity index (χ4v) is 4.19. The van der Waals surface area contributed by atoms with E-state index in [1.807, 2.05) is 19.1 Å². The van der Waals surface area contributed by atoms with Gasteiger partial charge in [-0.15, -0.1) is 0 Å². The van der Waals surface area contributed by atoms with Crippen molar-refractivity contribution < 1.29 is 5.11 Å². The molecule has 0 aliphatic rings. The van der Waals surface area contributed by atoms with Gasteiger partial charge in [0.2, 0.25) is 0 Å². The molecule has 0 heterocycles. The molecular weight excluding hydrogens is 296 g/mol. The van der Waals surface area contributed by atoms with Crippen LogP contribution in [0.15, 0.2) is 80.3 Å². The second-order valence-electron chi connectivity index (χ2n) is 4.95. The molecule has 0 spiro atoms. The van der Waals surface area contributed by atoms with Crippen LogP contribution in [0.3, 0.4) is 0 Å². The molecule has 0 saturated heterocycles. The van der Waals surface area contributed by atoms with Crippen LogP contribution in [0.1, 0.15) is 20.3 Å². The highest BCUT2D eigenvalue weighted by Gasteiger charge is 2.09. The number of thioether (sulfide) groups is 2. The van der Waals surface area contributed by atoms with Gasteiger partial charge in [-0.2, -0.15) is 0 Å². The Labute approximate surface area is 135 Å².